The summed E-state index contributed by atoms with van der Waals surface area (Å²) in [4.78, 5) is 14.1. The average Bonchev–Trinajstić information content (AvgIpc) is 3.24. The van der Waals surface area contributed by atoms with E-state index in [1.54, 1.807) is 4.90 Å². The lowest BCUT2D eigenvalue weighted by atomic mass is 10.1. The molecule has 0 aromatic heterocycles. The Morgan fingerprint density at radius 3 is 2.68 bits per heavy atom. The molecule has 100 valence electrons. The van der Waals surface area contributed by atoms with Gasteiger partial charge in [-0.05, 0) is 24.8 Å². The van der Waals surface area contributed by atoms with Crippen LogP contribution in [-0.4, -0.2) is 29.4 Å². The summed E-state index contributed by atoms with van der Waals surface area (Å²) in [6, 6.07) is 11.7. The van der Waals surface area contributed by atoms with Gasteiger partial charge in [0.15, 0.2) is 0 Å². The summed E-state index contributed by atoms with van der Waals surface area (Å²) in [5.74, 6) is -0.0263. The summed E-state index contributed by atoms with van der Waals surface area (Å²) in [5.41, 5.74) is 7.08. The van der Waals surface area contributed by atoms with Crippen molar-refractivity contribution in [1.29, 1.82) is 5.26 Å². The smallest absolute Gasteiger partial charge is 0.240 e. The molecule has 0 bridgehead atoms. The summed E-state index contributed by atoms with van der Waals surface area (Å²) in [6.45, 7) is 0.502. The Kier molecular flexibility index (Phi) is 4.53. The van der Waals surface area contributed by atoms with E-state index in [2.05, 4.69) is 6.07 Å². The fourth-order valence-electron chi connectivity index (χ4n) is 2.20. The van der Waals surface area contributed by atoms with Crippen LogP contribution in [0.1, 0.15) is 24.8 Å². The van der Waals surface area contributed by atoms with Gasteiger partial charge in [-0.15, -0.1) is 0 Å². The van der Waals surface area contributed by atoms with Crippen LogP contribution in [0, 0.1) is 11.3 Å². The highest BCUT2D eigenvalue weighted by molar-refractivity contribution is 5.82. The van der Waals surface area contributed by atoms with E-state index in [1.807, 2.05) is 30.3 Å². The Morgan fingerprint density at radius 1 is 1.42 bits per heavy atom. The molecule has 1 aliphatic carbocycles. The molecule has 1 atom stereocenters. The number of nitriles is 1. The van der Waals surface area contributed by atoms with E-state index >= 15 is 0 Å². The first-order valence-corrected chi connectivity index (χ1v) is 6.69. The first kappa shape index (κ1) is 13.6. The van der Waals surface area contributed by atoms with Crippen molar-refractivity contribution in [2.24, 2.45) is 5.73 Å². The van der Waals surface area contributed by atoms with Crippen molar-refractivity contribution in [3.63, 3.8) is 0 Å². The molecule has 0 unspecified atom stereocenters. The molecular weight excluding hydrogens is 238 g/mol. The van der Waals surface area contributed by atoms with Gasteiger partial charge in [-0.3, -0.25) is 4.79 Å². The van der Waals surface area contributed by atoms with E-state index < -0.39 is 6.04 Å². The molecule has 4 heteroatoms. The van der Waals surface area contributed by atoms with Crippen molar-refractivity contribution in [1.82, 2.24) is 4.90 Å². The number of hydrogen-bond acceptors (Lipinski definition) is 3. The predicted molar refractivity (Wildman–Crippen MR) is 73.1 cm³/mol. The van der Waals surface area contributed by atoms with Gasteiger partial charge in [-0.2, -0.15) is 5.26 Å². The maximum absolute atomic E-state index is 12.3. The molecule has 0 aliphatic heterocycles. The van der Waals surface area contributed by atoms with Crippen LogP contribution in [0.4, 0.5) is 0 Å². The van der Waals surface area contributed by atoms with Gasteiger partial charge in [0.1, 0.15) is 0 Å². The van der Waals surface area contributed by atoms with Crippen molar-refractivity contribution in [2.75, 3.05) is 6.54 Å². The first-order chi connectivity index (χ1) is 9.22. The molecular formula is C15H19N3O. The van der Waals surface area contributed by atoms with Gasteiger partial charge in [-0.25, -0.2) is 0 Å². The van der Waals surface area contributed by atoms with Gasteiger partial charge in [-0.1, -0.05) is 30.3 Å². The number of nitrogens with zero attached hydrogens (tertiary/aromatic N) is 2. The fraction of sp³-hybridized carbons (Fsp3) is 0.467. The van der Waals surface area contributed by atoms with Gasteiger partial charge in [0.2, 0.25) is 5.91 Å². The van der Waals surface area contributed by atoms with Crippen molar-refractivity contribution < 1.29 is 4.79 Å². The minimum atomic E-state index is -0.512. The molecule has 1 aromatic carbocycles. The third-order valence-corrected chi connectivity index (χ3v) is 3.35. The second kappa shape index (κ2) is 6.35. The van der Waals surface area contributed by atoms with Gasteiger partial charge in [0.25, 0.3) is 0 Å². The third-order valence-electron chi connectivity index (χ3n) is 3.35. The van der Waals surface area contributed by atoms with E-state index in [-0.39, 0.29) is 5.91 Å². The molecule has 0 heterocycles. The largest absolute Gasteiger partial charge is 0.337 e. The van der Waals surface area contributed by atoms with Crippen molar-refractivity contribution in [3.8, 4) is 6.07 Å². The number of carbonyl (C=O) groups is 1. The van der Waals surface area contributed by atoms with E-state index in [0.29, 0.717) is 25.4 Å². The molecule has 1 saturated carbocycles. The highest BCUT2D eigenvalue weighted by Gasteiger charge is 2.34. The molecule has 0 radical (unpaired) electrons. The van der Waals surface area contributed by atoms with Crippen LogP contribution >= 0.6 is 0 Å². The second-order valence-corrected chi connectivity index (χ2v) is 4.97. The lowest BCUT2D eigenvalue weighted by molar-refractivity contribution is -0.133. The van der Waals surface area contributed by atoms with Crippen LogP contribution in [0.3, 0.4) is 0 Å². The summed E-state index contributed by atoms with van der Waals surface area (Å²) in [5, 5.41) is 8.65. The van der Waals surface area contributed by atoms with Crippen LogP contribution in [0.5, 0.6) is 0 Å². The van der Waals surface area contributed by atoms with Gasteiger partial charge in [0.05, 0.1) is 18.5 Å². The number of nitrogens with two attached hydrogens (primary N) is 1. The van der Waals surface area contributed by atoms with Crippen molar-refractivity contribution in [2.45, 2.75) is 37.8 Å². The van der Waals surface area contributed by atoms with Crippen LogP contribution in [0.2, 0.25) is 0 Å². The molecule has 0 saturated heterocycles. The molecule has 2 N–H and O–H groups in total. The maximum atomic E-state index is 12.3. The van der Waals surface area contributed by atoms with Crippen molar-refractivity contribution >= 4 is 5.91 Å². The zero-order valence-corrected chi connectivity index (χ0v) is 11.0. The SMILES string of the molecule is N#CCCN(C(=O)[C@@H](N)Cc1ccccc1)C1CC1. The van der Waals surface area contributed by atoms with Crippen LogP contribution in [-0.2, 0) is 11.2 Å². The third kappa shape index (κ3) is 3.80. The van der Waals surface area contributed by atoms with Crippen LogP contribution < -0.4 is 5.73 Å². The molecule has 1 aromatic rings. The molecule has 19 heavy (non-hydrogen) atoms. The Labute approximate surface area is 113 Å². The average molecular weight is 257 g/mol. The Balaban J connectivity index is 1.95. The van der Waals surface area contributed by atoms with Gasteiger partial charge < -0.3 is 10.6 Å². The van der Waals surface area contributed by atoms with Gasteiger partial charge in [0, 0.05) is 12.6 Å². The highest BCUT2D eigenvalue weighted by atomic mass is 16.2. The Morgan fingerprint density at radius 2 is 2.11 bits per heavy atom. The fourth-order valence-corrected chi connectivity index (χ4v) is 2.20. The quantitative estimate of drug-likeness (QED) is 0.838. The van der Waals surface area contributed by atoms with Crippen molar-refractivity contribution in [3.05, 3.63) is 35.9 Å². The maximum Gasteiger partial charge on any atom is 0.240 e. The predicted octanol–water partition coefficient (Wildman–Crippen LogP) is 1.46. The van der Waals surface area contributed by atoms with Crippen LogP contribution in [0.15, 0.2) is 30.3 Å². The van der Waals surface area contributed by atoms with E-state index in [9.17, 15) is 4.79 Å². The topological polar surface area (TPSA) is 70.1 Å². The molecule has 2 rings (SSSR count). The number of hydrogen-bond donors (Lipinski definition) is 1. The minimum absolute atomic E-state index is 0.0263. The van der Waals surface area contributed by atoms with E-state index in [4.69, 9.17) is 11.0 Å². The Hall–Kier alpha value is -1.86. The normalized spacial score (nSPS) is 15.6. The van der Waals surface area contributed by atoms with Crippen LogP contribution in [0.25, 0.3) is 0 Å². The van der Waals surface area contributed by atoms with E-state index in [0.717, 1.165) is 18.4 Å². The number of benzene rings is 1. The summed E-state index contributed by atoms with van der Waals surface area (Å²) >= 11 is 0. The number of amides is 1. The van der Waals surface area contributed by atoms with Gasteiger partial charge >= 0.3 is 0 Å². The molecule has 4 nitrogen and oxygen atoms in total. The zero-order chi connectivity index (χ0) is 13.7. The molecule has 1 aliphatic rings. The lowest BCUT2D eigenvalue weighted by Crippen LogP contribution is -2.46. The number of rotatable bonds is 6. The Bertz CT molecular complexity index is 462. The summed E-state index contributed by atoms with van der Waals surface area (Å²) in [7, 11) is 0. The second-order valence-electron chi connectivity index (χ2n) is 4.97. The summed E-state index contributed by atoms with van der Waals surface area (Å²) < 4.78 is 0. The number of carbonyl (C=O) groups excluding carboxylic acids is 1. The van der Waals surface area contributed by atoms with E-state index in [1.165, 1.54) is 0 Å². The standard InChI is InChI=1S/C15H19N3O/c16-9-4-10-18(13-7-8-13)15(19)14(17)11-12-5-2-1-3-6-12/h1-3,5-6,13-14H,4,7-8,10-11,17H2/t14-/m0/s1. The molecule has 1 fully saturated rings. The molecule has 0 spiro atoms. The summed E-state index contributed by atoms with van der Waals surface area (Å²) in [6.07, 6.45) is 3.00. The lowest BCUT2D eigenvalue weighted by Gasteiger charge is -2.24. The monoisotopic (exact) mass is 257 g/mol. The minimum Gasteiger partial charge on any atom is -0.337 e. The first-order valence-electron chi connectivity index (χ1n) is 6.69. The highest BCUT2D eigenvalue weighted by Crippen LogP contribution is 2.27. The zero-order valence-electron chi connectivity index (χ0n) is 11.0. The molecule has 1 amide bonds.